The van der Waals surface area contributed by atoms with Crippen molar-refractivity contribution < 1.29 is 9.53 Å². The second-order valence-electron chi connectivity index (χ2n) is 5.49. The molecule has 22 heavy (non-hydrogen) atoms. The van der Waals surface area contributed by atoms with Crippen LogP contribution in [0.2, 0.25) is 5.02 Å². The minimum atomic E-state index is -0.0263. The van der Waals surface area contributed by atoms with Crippen LogP contribution in [0.1, 0.15) is 11.3 Å². The highest BCUT2D eigenvalue weighted by Gasteiger charge is 2.21. The Labute approximate surface area is 139 Å². The lowest BCUT2D eigenvalue weighted by Crippen LogP contribution is -2.41. The van der Waals surface area contributed by atoms with Crippen LogP contribution < -0.4 is 5.32 Å². The highest BCUT2D eigenvalue weighted by molar-refractivity contribution is 7.19. The third kappa shape index (κ3) is 3.43. The van der Waals surface area contributed by atoms with Crippen LogP contribution >= 0.6 is 22.9 Å². The van der Waals surface area contributed by atoms with Crippen molar-refractivity contribution in [3.63, 3.8) is 0 Å². The molecule has 1 N–H and O–H groups in total. The van der Waals surface area contributed by atoms with Gasteiger partial charge in [0, 0.05) is 35.1 Å². The third-order valence-electron chi connectivity index (χ3n) is 3.81. The first-order chi connectivity index (χ1) is 10.6. The van der Waals surface area contributed by atoms with Crippen molar-refractivity contribution in [2.24, 2.45) is 0 Å². The number of morpholine rings is 1. The Morgan fingerprint density at radius 3 is 3.05 bits per heavy atom. The van der Waals surface area contributed by atoms with E-state index in [0.717, 1.165) is 33.1 Å². The van der Waals surface area contributed by atoms with Gasteiger partial charge < -0.3 is 15.0 Å². The van der Waals surface area contributed by atoms with Crippen LogP contribution in [0.3, 0.4) is 0 Å². The van der Waals surface area contributed by atoms with Crippen LogP contribution in [0.25, 0.3) is 10.1 Å². The molecule has 3 rings (SSSR count). The van der Waals surface area contributed by atoms with Crippen molar-refractivity contribution in [1.82, 2.24) is 10.2 Å². The molecule has 1 aliphatic heterocycles. The maximum atomic E-state index is 12.3. The number of amides is 1. The topological polar surface area (TPSA) is 41.6 Å². The van der Waals surface area contributed by atoms with Gasteiger partial charge in [0.2, 0.25) is 5.91 Å². The molecule has 1 saturated heterocycles. The lowest BCUT2D eigenvalue weighted by atomic mass is 10.2. The maximum Gasteiger partial charge on any atom is 0.225 e. The van der Waals surface area contributed by atoms with E-state index in [4.69, 9.17) is 16.3 Å². The molecule has 2 heterocycles. The predicted molar refractivity (Wildman–Crippen MR) is 90.5 cm³/mol. The fraction of sp³-hybridized carbons (Fsp3) is 0.438. The van der Waals surface area contributed by atoms with Gasteiger partial charge in [-0.1, -0.05) is 29.8 Å². The van der Waals surface area contributed by atoms with Crippen LogP contribution in [0.5, 0.6) is 0 Å². The van der Waals surface area contributed by atoms with Crippen molar-refractivity contribution in [2.45, 2.75) is 19.1 Å². The van der Waals surface area contributed by atoms with Crippen molar-refractivity contribution >= 4 is 38.9 Å². The molecule has 0 spiro atoms. The zero-order valence-electron chi connectivity index (χ0n) is 12.5. The van der Waals surface area contributed by atoms with Crippen molar-refractivity contribution in [3.05, 3.63) is 34.2 Å². The molecule has 0 unspecified atom stereocenters. The Balaban J connectivity index is 1.65. The van der Waals surface area contributed by atoms with E-state index in [2.05, 4.69) is 11.4 Å². The summed E-state index contributed by atoms with van der Waals surface area (Å²) in [5.41, 5.74) is 0. The summed E-state index contributed by atoms with van der Waals surface area (Å²) in [6.45, 7) is 2.81. The molecule has 1 aliphatic rings. The summed E-state index contributed by atoms with van der Waals surface area (Å²) in [5, 5.41) is 5.06. The van der Waals surface area contributed by atoms with Gasteiger partial charge in [-0.15, -0.1) is 11.3 Å². The first kappa shape index (κ1) is 15.7. The lowest BCUT2D eigenvalue weighted by Gasteiger charge is -2.25. The van der Waals surface area contributed by atoms with E-state index >= 15 is 0 Å². The fourth-order valence-corrected chi connectivity index (χ4v) is 4.12. The predicted octanol–water partition coefficient (Wildman–Crippen LogP) is 2.89. The number of hydrogen-bond donors (Lipinski definition) is 1. The second kappa shape index (κ2) is 6.96. The Bertz CT molecular complexity index is 667. The number of hydrogen-bond acceptors (Lipinski definition) is 4. The van der Waals surface area contributed by atoms with Gasteiger partial charge in [0.15, 0.2) is 0 Å². The second-order valence-corrected chi connectivity index (χ2v) is 7.00. The number of halogens is 1. The van der Waals surface area contributed by atoms with Crippen LogP contribution in [-0.4, -0.2) is 43.7 Å². The van der Waals surface area contributed by atoms with E-state index in [0.29, 0.717) is 19.6 Å². The highest BCUT2D eigenvalue weighted by Crippen LogP contribution is 2.35. The minimum Gasteiger partial charge on any atom is -0.375 e. The van der Waals surface area contributed by atoms with Gasteiger partial charge in [-0.05, 0) is 6.07 Å². The zero-order valence-corrected chi connectivity index (χ0v) is 14.0. The summed E-state index contributed by atoms with van der Waals surface area (Å²) in [7, 11) is 1.82. The van der Waals surface area contributed by atoms with Crippen LogP contribution in [0.4, 0.5) is 0 Å². The Morgan fingerprint density at radius 1 is 1.50 bits per heavy atom. The van der Waals surface area contributed by atoms with E-state index in [1.165, 1.54) is 0 Å². The van der Waals surface area contributed by atoms with Gasteiger partial charge in [-0.2, -0.15) is 0 Å². The molecule has 0 aliphatic carbocycles. The number of thiophene rings is 1. The van der Waals surface area contributed by atoms with E-state index in [1.807, 2.05) is 25.2 Å². The molecule has 0 saturated carbocycles. The molecule has 6 heteroatoms. The first-order valence-corrected chi connectivity index (χ1v) is 8.57. The smallest absolute Gasteiger partial charge is 0.225 e. The molecule has 2 aromatic rings. The summed E-state index contributed by atoms with van der Waals surface area (Å²) in [5.74, 6) is 0.0854. The number of ether oxygens (including phenoxy) is 1. The average Bonchev–Trinajstić information content (AvgIpc) is 2.85. The van der Waals surface area contributed by atoms with E-state index in [-0.39, 0.29) is 12.0 Å². The Morgan fingerprint density at radius 2 is 2.32 bits per heavy atom. The van der Waals surface area contributed by atoms with Crippen LogP contribution in [0, 0.1) is 0 Å². The fourth-order valence-electron chi connectivity index (χ4n) is 2.57. The number of nitrogens with zero attached hydrogens (tertiary/aromatic N) is 1. The largest absolute Gasteiger partial charge is 0.375 e. The van der Waals surface area contributed by atoms with Gasteiger partial charge in [-0.25, -0.2) is 0 Å². The van der Waals surface area contributed by atoms with Crippen molar-refractivity contribution in [1.29, 1.82) is 0 Å². The van der Waals surface area contributed by atoms with E-state index < -0.39 is 0 Å². The SMILES string of the molecule is CN(Cc1sc2ccccc2c1Cl)C(=O)C[C@H]1CNCCO1. The molecular formula is C16H19ClN2O2S. The van der Waals surface area contributed by atoms with Gasteiger partial charge in [-0.3, -0.25) is 4.79 Å². The van der Waals surface area contributed by atoms with Gasteiger partial charge in [0.1, 0.15) is 0 Å². The number of rotatable bonds is 4. The third-order valence-corrected chi connectivity index (χ3v) is 5.51. The summed E-state index contributed by atoms with van der Waals surface area (Å²) < 4.78 is 6.74. The highest BCUT2D eigenvalue weighted by atomic mass is 35.5. The molecule has 1 atom stereocenters. The molecule has 1 aromatic heterocycles. The summed E-state index contributed by atoms with van der Waals surface area (Å²) in [6, 6.07) is 8.05. The summed E-state index contributed by atoms with van der Waals surface area (Å²) in [4.78, 5) is 15.1. The Kier molecular flexibility index (Phi) is 4.98. The molecule has 1 amide bonds. The number of carbonyl (C=O) groups is 1. The molecule has 0 bridgehead atoms. The Hall–Kier alpha value is -1.14. The average molecular weight is 339 g/mol. The standard InChI is InChI=1S/C16H19ClN2O2S/c1-19(15(20)8-11-9-18-6-7-21-11)10-14-16(17)12-4-2-3-5-13(12)22-14/h2-5,11,18H,6-10H2,1H3/t11-/m0/s1. The maximum absolute atomic E-state index is 12.3. The van der Waals surface area contributed by atoms with Gasteiger partial charge >= 0.3 is 0 Å². The first-order valence-electron chi connectivity index (χ1n) is 7.37. The molecular weight excluding hydrogens is 320 g/mol. The van der Waals surface area contributed by atoms with Gasteiger partial charge in [0.25, 0.3) is 0 Å². The molecule has 1 fully saturated rings. The van der Waals surface area contributed by atoms with Crippen molar-refractivity contribution in [3.8, 4) is 0 Å². The minimum absolute atomic E-state index is 0.0263. The van der Waals surface area contributed by atoms with Crippen molar-refractivity contribution in [2.75, 3.05) is 26.7 Å². The monoisotopic (exact) mass is 338 g/mol. The number of nitrogens with one attached hydrogen (secondary N) is 1. The lowest BCUT2D eigenvalue weighted by molar-refractivity contribution is -0.133. The number of fused-ring (bicyclic) bond motifs is 1. The quantitative estimate of drug-likeness (QED) is 0.932. The van der Waals surface area contributed by atoms with Crippen LogP contribution in [-0.2, 0) is 16.1 Å². The molecule has 0 radical (unpaired) electrons. The summed E-state index contributed by atoms with van der Waals surface area (Å²) in [6.07, 6.45) is 0.382. The molecule has 4 nitrogen and oxygen atoms in total. The zero-order chi connectivity index (χ0) is 15.5. The van der Waals surface area contributed by atoms with E-state index in [1.54, 1.807) is 16.2 Å². The molecule has 1 aromatic carbocycles. The van der Waals surface area contributed by atoms with Gasteiger partial charge in [0.05, 0.1) is 30.7 Å². The van der Waals surface area contributed by atoms with E-state index in [9.17, 15) is 4.79 Å². The van der Waals surface area contributed by atoms with Crippen LogP contribution in [0.15, 0.2) is 24.3 Å². The number of carbonyl (C=O) groups excluding carboxylic acids is 1. The molecule has 118 valence electrons. The number of benzene rings is 1. The summed E-state index contributed by atoms with van der Waals surface area (Å²) >= 11 is 8.08. The normalized spacial score (nSPS) is 18.5.